The third-order valence-corrected chi connectivity index (χ3v) is 3.49. The third kappa shape index (κ3) is 5.00. The molecule has 0 saturated heterocycles. The van der Waals surface area contributed by atoms with E-state index in [4.69, 9.17) is 5.26 Å². The Hall–Kier alpha value is -1.40. The van der Waals surface area contributed by atoms with Gasteiger partial charge in [-0.2, -0.15) is 5.26 Å². The zero-order chi connectivity index (χ0) is 14.3. The van der Waals surface area contributed by atoms with E-state index < -0.39 is 0 Å². The molecule has 0 aromatic heterocycles. The van der Waals surface area contributed by atoms with Crippen molar-refractivity contribution >= 4 is 0 Å². The number of rotatable bonds is 7. The van der Waals surface area contributed by atoms with E-state index in [2.05, 4.69) is 25.7 Å². The van der Waals surface area contributed by atoms with Gasteiger partial charge in [-0.25, -0.2) is 4.39 Å². The fourth-order valence-electron chi connectivity index (χ4n) is 2.12. The Morgan fingerprint density at radius 2 is 2.05 bits per heavy atom. The van der Waals surface area contributed by atoms with Crippen LogP contribution in [0.3, 0.4) is 0 Å². The lowest BCUT2D eigenvalue weighted by atomic mass is 10.1. The molecule has 1 rings (SSSR count). The van der Waals surface area contributed by atoms with Crippen molar-refractivity contribution in [1.29, 1.82) is 5.26 Å². The quantitative estimate of drug-likeness (QED) is 0.739. The number of hydrogen-bond acceptors (Lipinski definition) is 2. The summed E-state index contributed by atoms with van der Waals surface area (Å²) in [6, 6.07) is 7.07. The van der Waals surface area contributed by atoms with Crippen molar-refractivity contribution in [3.05, 3.63) is 35.1 Å². The summed E-state index contributed by atoms with van der Waals surface area (Å²) in [5, 5.41) is 8.89. The number of hydrogen-bond donors (Lipinski definition) is 0. The number of unbranched alkanes of at least 4 members (excludes halogenated alkanes) is 1. The summed E-state index contributed by atoms with van der Waals surface area (Å²) >= 11 is 0. The van der Waals surface area contributed by atoms with Crippen molar-refractivity contribution in [3.63, 3.8) is 0 Å². The van der Waals surface area contributed by atoms with Crippen LogP contribution in [-0.4, -0.2) is 17.5 Å². The predicted octanol–water partition coefficient (Wildman–Crippen LogP) is 4.10. The lowest BCUT2D eigenvalue weighted by Crippen LogP contribution is -2.33. The van der Waals surface area contributed by atoms with Gasteiger partial charge in [-0.05, 0) is 50.1 Å². The fraction of sp³-hybridized carbons (Fsp3) is 0.562. The fourth-order valence-corrected chi connectivity index (χ4v) is 2.12. The van der Waals surface area contributed by atoms with E-state index in [1.807, 2.05) is 6.07 Å². The van der Waals surface area contributed by atoms with Crippen molar-refractivity contribution < 1.29 is 4.39 Å². The van der Waals surface area contributed by atoms with Gasteiger partial charge in [0.25, 0.3) is 0 Å². The van der Waals surface area contributed by atoms with E-state index in [9.17, 15) is 4.39 Å². The molecular formula is C16H23FN2. The molecule has 1 atom stereocenters. The molecular weight excluding hydrogens is 239 g/mol. The molecule has 1 aromatic carbocycles. The molecule has 1 aromatic rings. The summed E-state index contributed by atoms with van der Waals surface area (Å²) in [4.78, 5) is 2.36. The highest BCUT2D eigenvalue weighted by molar-refractivity contribution is 5.33. The molecule has 0 saturated carbocycles. The van der Waals surface area contributed by atoms with Crippen LogP contribution in [0.4, 0.5) is 4.39 Å². The van der Waals surface area contributed by atoms with Crippen molar-refractivity contribution in [2.24, 2.45) is 0 Å². The summed E-state index contributed by atoms with van der Waals surface area (Å²) in [6.45, 7) is 8.26. The maximum absolute atomic E-state index is 13.4. The first kappa shape index (κ1) is 15.7. The van der Waals surface area contributed by atoms with Crippen LogP contribution >= 0.6 is 0 Å². The molecule has 0 heterocycles. The van der Waals surface area contributed by atoms with Crippen molar-refractivity contribution in [2.45, 2.75) is 52.6 Å². The highest BCUT2D eigenvalue weighted by Crippen LogP contribution is 2.15. The van der Waals surface area contributed by atoms with E-state index in [1.165, 1.54) is 12.1 Å². The minimum Gasteiger partial charge on any atom is -0.296 e. The van der Waals surface area contributed by atoms with Gasteiger partial charge < -0.3 is 0 Å². The molecule has 104 valence electrons. The summed E-state index contributed by atoms with van der Waals surface area (Å²) in [7, 11) is 0. The zero-order valence-electron chi connectivity index (χ0n) is 12.1. The highest BCUT2D eigenvalue weighted by atomic mass is 19.1. The molecule has 19 heavy (non-hydrogen) atoms. The second-order valence-corrected chi connectivity index (χ2v) is 5.04. The number of nitrogens with zero attached hydrogens (tertiary/aromatic N) is 2. The van der Waals surface area contributed by atoms with E-state index in [0.29, 0.717) is 18.2 Å². The van der Waals surface area contributed by atoms with Crippen LogP contribution in [0.15, 0.2) is 18.2 Å². The van der Waals surface area contributed by atoms with Gasteiger partial charge in [-0.1, -0.05) is 20.3 Å². The van der Waals surface area contributed by atoms with Crippen LogP contribution in [-0.2, 0) is 6.54 Å². The van der Waals surface area contributed by atoms with Gasteiger partial charge in [0.15, 0.2) is 0 Å². The summed E-state index contributed by atoms with van der Waals surface area (Å²) in [5.41, 5.74) is 1.28. The minimum atomic E-state index is -0.325. The first-order valence-electron chi connectivity index (χ1n) is 7.04. The average molecular weight is 262 g/mol. The summed E-state index contributed by atoms with van der Waals surface area (Å²) in [5.74, 6) is -0.325. The average Bonchev–Trinajstić information content (AvgIpc) is 2.41. The molecule has 1 unspecified atom stereocenters. The SMILES string of the molecule is CCCCN(Cc1cc(F)cc(C#N)c1)C(C)CC. The van der Waals surface area contributed by atoms with Gasteiger partial charge in [0.1, 0.15) is 5.82 Å². The van der Waals surface area contributed by atoms with Gasteiger partial charge in [0.05, 0.1) is 11.6 Å². The molecule has 0 N–H and O–H groups in total. The molecule has 0 aliphatic rings. The Kier molecular flexibility index (Phi) is 6.52. The predicted molar refractivity (Wildman–Crippen MR) is 76.2 cm³/mol. The molecule has 0 amide bonds. The van der Waals surface area contributed by atoms with Crippen LogP contribution in [0.25, 0.3) is 0 Å². The lowest BCUT2D eigenvalue weighted by molar-refractivity contribution is 0.192. The first-order valence-corrected chi connectivity index (χ1v) is 7.04. The normalized spacial score (nSPS) is 12.4. The summed E-state index contributed by atoms with van der Waals surface area (Å²) in [6.07, 6.45) is 3.37. The van der Waals surface area contributed by atoms with Crippen LogP contribution in [0.5, 0.6) is 0 Å². The van der Waals surface area contributed by atoms with E-state index in [1.54, 1.807) is 6.07 Å². The Morgan fingerprint density at radius 3 is 2.63 bits per heavy atom. The van der Waals surface area contributed by atoms with Crippen molar-refractivity contribution in [3.8, 4) is 6.07 Å². The minimum absolute atomic E-state index is 0.325. The second-order valence-electron chi connectivity index (χ2n) is 5.04. The molecule has 0 fully saturated rings. The Morgan fingerprint density at radius 1 is 1.32 bits per heavy atom. The van der Waals surface area contributed by atoms with Crippen LogP contribution in [0.2, 0.25) is 0 Å². The number of nitriles is 1. The maximum Gasteiger partial charge on any atom is 0.124 e. The molecule has 0 radical (unpaired) electrons. The van der Waals surface area contributed by atoms with E-state index in [0.717, 1.165) is 31.4 Å². The van der Waals surface area contributed by atoms with E-state index >= 15 is 0 Å². The standard InChI is InChI=1S/C16H23FN2/c1-4-6-7-19(13(3)5-2)12-15-8-14(11-18)9-16(17)10-15/h8-10,13H,4-7,12H2,1-3H3. The van der Waals surface area contributed by atoms with Crippen molar-refractivity contribution in [1.82, 2.24) is 4.90 Å². The Balaban J connectivity index is 2.83. The Labute approximate surface area is 115 Å². The third-order valence-electron chi connectivity index (χ3n) is 3.49. The highest BCUT2D eigenvalue weighted by Gasteiger charge is 2.13. The maximum atomic E-state index is 13.4. The largest absolute Gasteiger partial charge is 0.296 e. The number of halogens is 1. The van der Waals surface area contributed by atoms with Crippen LogP contribution in [0, 0.1) is 17.1 Å². The summed E-state index contributed by atoms with van der Waals surface area (Å²) < 4.78 is 13.4. The van der Waals surface area contributed by atoms with Crippen LogP contribution < -0.4 is 0 Å². The first-order chi connectivity index (χ1) is 9.10. The molecule has 3 heteroatoms. The van der Waals surface area contributed by atoms with Crippen LogP contribution in [0.1, 0.15) is 51.2 Å². The van der Waals surface area contributed by atoms with E-state index in [-0.39, 0.29) is 5.82 Å². The van der Waals surface area contributed by atoms with Gasteiger partial charge in [-0.3, -0.25) is 4.90 Å². The van der Waals surface area contributed by atoms with Gasteiger partial charge in [0.2, 0.25) is 0 Å². The van der Waals surface area contributed by atoms with Gasteiger partial charge >= 0.3 is 0 Å². The van der Waals surface area contributed by atoms with Gasteiger partial charge in [-0.15, -0.1) is 0 Å². The zero-order valence-corrected chi connectivity index (χ0v) is 12.1. The molecule has 2 nitrogen and oxygen atoms in total. The van der Waals surface area contributed by atoms with Crippen molar-refractivity contribution in [2.75, 3.05) is 6.54 Å². The molecule has 0 bridgehead atoms. The molecule has 0 spiro atoms. The number of benzene rings is 1. The topological polar surface area (TPSA) is 27.0 Å². The van der Waals surface area contributed by atoms with Gasteiger partial charge in [0, 0.05) is 12.6 Å². The second kappa shape index (κ2) is 7.91. The monoisotopic (exact) mass is 262 g/mol. The lowest BCUT2D eigenvalue weighted by Gasteiger charge is -2.28. The smallest absolute Gasteiger partial charge is 0.124 e. The molecule has 0 aliphatic heterocycles. The molecule has 0 aliphatic carbocycles. The Bertz CT molecular complexity index is 437.